The lowest BCUT2D eigenvalue weighted by atomic mass is 10.1. The highest BCUT2D eigenvalue weighted by Gasteiger charge is 2.16. The zero-order chi connectivity index (χ0) is 17.7. The Balaban J connectivity index is 2.06. The molecule has 4 nitrogen and oxygen atoms in total. The smallest absolute Gasteiger partial charge is 0.267 e. The van der Waals surface area contributed by atoms with Crippen LogP contribution in [0.25, 0.3) is 0 Å². The van der Waals surface area contributed by atoms with Gasteiger partial charge in [0.15, 0.2) is 0 Å². The highest BCUT2D eigenvalue weighted by Crippen LogP contribution is 2.22. The van der Waals surface area contributed by atoms with Crippen LogP contribution in [0.2, 0.25) is 0 Å². The molecule has 24 heavy (non-hydrogen) atoms. The molecule has 0 fully saturated rings. The van der Waals surface area contributed by atoms with Gasteiger partial charge in [0.1, 0.15) is 4.88 Å². The Hall–Kier alpha value is -1.72. The van der Waals surface area contributed by atoms with Crippen LogP contribution in [0.1, 0.15) is 53.6 Å². The number of carbonyl (C=O) groups excluding carboxylic acids is 1. The maximum atomic E-state index is 12.5. The van der Waals surface area contributed by atoms with Gasteiger partial charge < -0.3 is 10.1 Å². The molecule has 0 aliphatic carbocycles. The number of nitrogens with zero attached hydrogens (tertiary/aromatic N) is 1. The molecule has 1 heterocycles. The summed E-state index contributed by atoms with van der Waals surface area (Å²) in [6, 6.07) is 7.77. The second kappa shape index (κ2) is 8.40. The quantitative estimate of drug-likeness (QED) is 0.781. The minimum atomic E-state index is -0.0954. The molecule has 1 aromatic heterocycles. The monoisotopic (exact) mass is 346 g/mol. The van der Waals surface area contributed by atoms with Crippen molar-refractivity contribution in [1.82, 2.24) is 4.98 Å². The molecule has 0 saturated carbocycles. The fourth-order valence-corrected chi connectivity index (χ4v) is 3.46. The van der Waals surface area contributed by atoms with Crippen molar-refractivity contribution < 1.29 is 9.53 Å². The van der Waals surface area contributed by atoms with Crippen LogP contribution in [0, 0.1) is 12.8 Å². The van der Waals surface area contributed by atoms with Crippen molar-refractivity contribution in [3.63, 3.8) is 0 Å². The highest BCUT2D eigenvalue weighted by atomic mass is 32.1. The number of benzene rings is 1. The topological polar surface area (TPSA) is 51.2 Å². The van der Waals surface area contributed by atoms with E-state index in [0.29, 0.717) is 17.4 Å². The molecule has 0 unspecified atom stereocenters. The first-order valence-electron chi connectivity index (χ1n) is 8.33. The number of aromatic nitrogens is 1. The first kappa shape index (κ1) is 18.6. The minimum Gasteiger partial charge on any atom is -0.374 e. The summed E-state index contributed by atoms with van der Waals surface area (Å²) >= 11 is 1.49. The van der Waals surface area contributed by atoms with E-state index < -0.39 is 0 Å². The summed E-state index contributed by atoms with van der Waals surface area (Å²) in [5.41, 5.74) is 2.62. The standard InChI is InChI=1S/C19H26N2O2S/c1-12(2)9-17-20-14(5)18(24-17)19(22)21-16-8-6-7-15(10-16)11-23-13(3)4/h6-8,10,12-13H,9,11H2,1-5H3,(H,21,22). The van der Waals surface area contributed by atoms with Gasteiger partial charge in [0.2, 0.25) is 0 Å². The third kappa shape index (κ3) is 5.42. The van der Waals surface area contributed by atoms with E-state index in [1.54, 1.807) is 0 Å². The molecular formula is C19H26N2O2S. The summed E-state index contributed by atoms with van der Waals surface area (Å²) in [6.07, 6.45) is 1.09. The Morgan fingerprint density at radius 1 is 1.29 bits per heavy atom. The van der Waals surface area contributed by atoms with E-state index in [4.69, 9.17) is 4.74 Å². The molecule has 1 aromatic carbocycles. The van der Waals surface area contributed by atoms with Crippen molar-refractivity contribution >= 4 is 22.9 Å². The number of rotatable bonds is 7. The van der Waals surface area contributed by atoms with E-state index in [-0.39, 0.29) is 12.0 Å². The summed E-state index contributed by atoms with van der Waals surface area (Å²) in [6.45, 7) is 10.8. The average Bonchev–Trinajstić information content (AvgIpc) is 2.85. The van der Waals surface area contributed by atoms with Gasteiger partial charge in [0.25, 0.3) is 5.91 Å². The van der Waals surface area contributed by atoms with Crippen LogP contribution in [0.15, 0.2) is 24.3 Å². The maximum Gasteiger partial charge on any atom is 0.267 e. The lowest BCUT2D eigenvalue weighted by Crippen LogP contribution is -2.12. The number of hydrogen-bond donors (Lipinski definition) is 1. The third-order valence-corrected chi connectivity index (χ3v) is 4.58. The SMILES string of the molecule is Cc1nc(CC(C)C)sc1C(=O)Nc1cccc(COC(C)C)c1. The van der Waals surface area contributed by atoms with Crippen LogP contribution in [0.4, 0.5) is 5.69 Å². The van der Waals surface area contributed by atoms with Crippen molar-refractivity contribution in [2.75, 3.05) is 5.32 Å². The van der Waals surface area contributed by atoms with Crippen LogP contribution in [-0.4, -0.2) is 17.0 Å². The van der Waals surface area contributed by atoms with E-state index in [2.05, 4.69) is 24.1 Å². The molecule has 1 N–H and O–H groups in total. The van der Waals surface area contributed by atoms with E-state index in [0.717, 1.165) is 28.4 Å². The first-order valence-corrected chi connectivity index (χ1v) is 9.15. The van der Waals surface area contributed by atoms with E-state index in [1.807, 2.05) is 45.0 Å². The van der Waals surface area contributed by atoms with Crippen LogP contribution in [0.3, 0.4) is 0 Å². The molecule has 2 rings (SSSR count). The number of aryl methyl sites for hydroxylation is 1. The van der Waals surface area contributed by atoms with Crippen LogP contribution in [0.5, 0.6) is 0 Å². The number of ether oxygens (including phenoxy) is 1. The van der Waals surface area contributed by atoms with E-state index >= 15 is 0 Å². The van der Waals surface area contributed by atoms with Gasteiger partial charge in [-0.2, -0.15) is 0 Å². The predicted molar refractivity (Wildman–Crippen MR) is 99.7 cm³/mol. The molecule has 0 spiro atoms. The molecule has 0 aliphatic heterocycles. The summed E-state index contributed by atoms with van der Waals surface area (Å²) < 4.78 is 5.61. The van der Waals surface area contributed by atoms with Crippen molar-refractivity contribution in [2.24, 2.45) is 5.92 Å². The molecule has 1 amide bonds. The summed E-state index contributed by atoms with van der Waals surface area (Å²) in [5, 5.41) is 3.99. The lowest BCUT2D eigenvalue weighted by molar-refractivity contribution is 0.0657. The van der Waals surface area contributed by atoms with E-state index in [1.165, 1.54) is 11.3 Å². The Labute approximate surface area is 148 Å². The number of anilines is 1. The summed E-state index contributed by atoms with van der Waals surface area (Å²) in [4.78, 5) is 17.7. The minimum absolute atomic E-state index is 0.0954. The molecule has 0 atom stereocenters. The fraction of sp³-hybridized carbons (Fsp3) is 0.474. The Morgan fingerprint density at radius 2 is 2.04 bits per heavy atom. The van der Waals surface area contributed by atoms with Gasteiger partial charge in [-0.25, -0.2) is 4.98 Å². The second-order valence-electron chi connectivity index (χ2n) is 6.63. The van der Waals surface area contributed by atoms with Gasteiger partial charge in [-0.05, 0) is 44.4 Å². The maximum absolute atomic E-state index is 12.5. The molecule has 0 aliphatic rings. The largest absolute Gasteiger partial charge is 0.374 e. The third-order valence-electron chi connectivity index (χ3n) is 3.40. The van der Waals surface area contributed by atoms with Gasteiger partial charge in [-0.1, -0.05) is 26.0 Å². The molecule has 0 radical (unpaired) electrons. The molecule has 5 heteroatoms. The summed E-state index contributed by atoms with van der Waals surface area (Å²) in [7, 11) is 0. The van der Waals surface area contributed by atoms with E-state index in [9.17, 15) is 4.79 Å². The normalized spacial score (nSPS) is 11.3. The zero-order valence-electron chi connectivity index (χ0n) is 15.1. The van der Waals surface area contributed by atoms with Gasteiger partial charge in [-0.3, -0.25) is 4.79 Å². The predicted octanol–water partition coefficient (Wildman–Crippen LogP) is 4.83. The van der Waals surface area contributed by atoms with Crippen LogP contribution in [-0.2, 0) is 17.8 Å². The van der Waals surface area contributed by atoms with Crippen molar-refractivity contribution in [3.05, 3.63) is 45.4 Å². The van der Waals surface area contributed by atoms with Crippen LogP contribution >= 0.6 is 11.3 Å². The Morgan fingerprint density at radius 3 is 2.71 bits per heavy atom. The second-order valence-corrected chi connectivity index (χ2v) is 7.72. The van der Waals surface area contributed by atoms with Crippen molar-refractivity contribution in [2.45, 2.75) is 53.8 Å². The molecular weight excluding hydrogens is 320 g/mol. The van der Waals surface area contributed by atoms with Gasteiger partial charge >= 0.3 is 0 Å². The molecule has 0 saturated heterocycles. The summed E-state index contributed by atoms with van der Waals surface area (Å²) in [5.74, 6) is 0.436. The first-order chi connectivity index (χ1) is 11.3. The molecule has 0 bridgehead atoms. The number of nitrogens with one attached hydrogen (secondary N) is 1. The Bertz CT molecular complexity index is 692. The number of hydrogen-bond acceptors (Lipinski definition) is 4. The number of thiazole rings is 1. The van der Waals surface area contributed by atoms with Gasteiger partial charge in [0, 0.05) is 12.1 Å². The highest BCUT2D eigenvalue weighted by molar-refractivity contribution is 7.13. The Kier molecular flexibility index (Phi) is 6.52. The zero-order valence-corrected chi connectivity index (χ0v) is 15.9. The van der Waals surface area contributed by atoms with Crippen molar-refractivity contribution in [3.8, 4) is 0 Å². The molecule has 130 valence electrons. The lowest BCUT2D eigenvalue weighted by Gasteiger charge is -2.09. The molecule has 2 aromatic rings. The van der Waals surface area contributed by atoms with Crippen LogP contribution < -0.4 is 5.32 Å². The number of amides is 1. The average molecular weight is 346 g/mol. The number of carbonyl (C=O) groups is 1. The van der Waals surface area contributed by atoms with Crippen molar-refractivity contribution in [1.29, 1.82) is 0 Å². The van der Waals surface area contributed by atoms with Gasteiger partial charge in [-0.15, -0.1) is 11.3 Å². The fourth-order valence-electron chi connectivity index (χ4n) is 2.29. The van der Waals surface area contributed by atoms with Gasteiger partial charge in [0.05, 0.1) is 23.4 Å².